The maximum Gasteiger partial charge on any atom is 0.191 e. The molecule has 30 heavy (non-hydrogen) atoms. The van der Waals surface area contributed by atoms with Crippen LogP contribution in [0.2, 0.25) is 0 Å². The Bertz CT molecular complexity index is 793. The zero-order valence-corrected chi connectivity index (χ0v) is 21.9. The van der Waals surface area contributed by atoms with Crippen LogP contribution in [0, 0.1) is 0 Å². The van der Waals surface area contributed by atoms with Crippen molar-refractivity contribution in [3.8, 4) is 5.75 Å². The maximum atomic E-state index is 12.0. The normalized spacial score (nSPS) is 16.6. The Morgan fingerprint density at radius 2 is 1.87 bits per heavy atom. The molecule has 1 heterocycles. The summed E-state index contributed by atoms with van der Waals surface area (Å²) in [6.07, 6.45) is 3.65. The Kier molecular flexibility index (Phi) is 10.9. The monoisotopic (exact) mass is 552 g/mol. The van der Waals surface area contributed by atoms with Crippen molar-refractivity contribution in [1.82, 2.24) is 15.5 Å². The zero-order valence-electron chi connectivity index (χ0n) is 18.8. The minimum absolute atomic E-state index is 0. The number of benzene rings is 1. The predicted octanol–water partition coefficient (Wildman–Crippen LogP) is 2.83. The van der Waals surface area contributed by atoms with Crippen LogP contribution in [0.5, 0.6) is 5.75 Å². The highest BCUT2D eigenvalue weighted by Crippen LogP contribution is 2.31. The van der Waals surface area contributed by atoms with Crippen molar-refractivity contribution in [2.45, 2.75) is 44.4 Å². The van der Waals surface area contributed by atoms with Gasteiger partial charge in [0, 0.05) is 24.9 Å². The fraction of sp³-hybridized carbons (Fsp3) is 0.667. The van der Waals surface area contributed by atoms with E-state index in [2.05, 4.69) is 26.6 Å². The van der Waals surface area contributed by atoms with Crippen LogP contribution in [-0.2, 0) is 9.84 Å². The van der Waals surface area contributed by atoms with E-state index >= 15 is 0 Å². The molecule has 1 aliphatic rings. The summed E-state index contributed by atoms with van der Waals surface area (Å²) in [7, 11) is -1.50. The van der Waals surface area contributed by atoms with E-state index in [0.29, 0.717) is 19.0 Å². The largest absolute Gasteiger partial charge is 0.496 e. The van der Waals surface area contributed by atoms with Gasteiger partial charge in [-0.2, -0.15) is 0 Å². The third-order valence-electron chi connectivity index (χ3n) is 5.51. The molecule has 0 radical (unpaired) electrons. The number of rotatable bonds is 9. The van der Waals surface area contributed by atoms with Gasteiger partial charge in [0.1, 0.15) is 5.75 Å². The lowest BCUT2D eigenvalue weighted by Crippen LogP contribution is -2.44. The second-order valence-corrected chi connectivity index (χ2v) is 10.8. The van der Waals surface area contributed by atoms with Crippen LogP contribution in [0.25, 0.3) is 0 Å². The van der Waals surface area contributed by atoms with Gasteiger partial charge in [-0.1, -0.05) is 18.2 Å². The first-order valence-electron chi connectivity index (χ1n) is 10.3. The summed E-state index contributed by atoms with van der Waals surface area (Å²) in [5.74, 6) is 1.51. The number of sulfone groups is 1. The lowest BCUT2D eigenvalue weighted by Gasteiger charge is -2.30. The van der Waals surface area contributed by atoms with Crippen molar-refractivity contribution in [1.29, 1.82) is 0 Å². The summed E-state index contributed by atoms with van der Waals surface area (Å²) in [6.45, 7) is 9.08. The number of halogens is 1. The Hall–Kier alpha value is -1.07. The maximum absolute atomic E-state index is 12.0. The van der Waals surface area contributed by atoms with Gasteiger partial charge in [-0.05, 0) is 52.8 Å². The number of aliphatic imine (C=N–C) groups is 1. The number of guanidine groups is 1. The number of ether oxygens (including phenoxy) is 1. The van der Waals surface area contributed by atoms with E-state index in [1.807, 2.05) is 25.1 Å². The van der Waals surface area contributed by atoms with E-state index in [1.54, 1.807) is 21.0 Å². The van der Waals surface area contributed by atoms with Crippen LogP contribution < -0.4 is 15.4 Å². The van der Waals surface area contributed by atoms with Crippen LogP contribution in [0.4, 0.5) is 0 Å². The van der Waals surface area contributed by atoms with Gasteiger partial charge in [-0.3, -0.25) is 9.89 Å². The average Bonchev–Trinajstić information content (AvgIpc) is 3.20. The molecule has 1 aromatic rings. The van der Waals surface area contributed by atoms with Crippen molar-refractivity contribution in [3.63, 3.8) is 0 Å². The molecule has 0 bridgehead atoms. The zero-order chi connectivity index (χ0) is 21.5. The van der Waals surface area contributed by atoms with E-state index in [-0.39, 0.29) is 36.6 Å². The Morgan fingerprint density at radius 3 is 2.43 bits per heavy atom. The highest BCUT2D eigenvalue weighted by Gasteiger charge is 2.30. The van der Waals surface area contributed by atoms with Crippen molar-refractivity contribution in [3.05, 3.63) is 29.8 Å². The van der Waals surface area contributed by atoms with Gasteiger partial charge in [0.05, 0.1) is 24.4 Å². The van der Waals surface area contributed by atoms with Crippen molar-refractivity contribution in [2.75, 3.05) is 46.1 Å². The van der Waals surface area contributed by atoms with Crippen LogP contribution in [0.3, 0.4) is 0 Å². The van der Waals surface area contributed by atoms with Gasteiger partial charge >= 0.3 is 0 Å². The lowest BCUT2D eigenvalue weighted by molar-refractivity contribution is 0.239. The highest BCUT2D eigenvalue weighted by molar-refractivity contribution is 14.0. The summed E-state index contributed by atoms with van der Waals surface area (Å²) >= 11 is 0. The summed E-state index contributed by atoms with van der Waals surface area (Å²) in [5.41, 5.74) is 1.15. The van der Waals surface area contributed by atoms with Crippen molar-refractivity contribution in [2.24, 2.45) is 4.99 Å². The summed E-state index contributed by atoms with van der Waals surface area (Å²) in [6, 6.07) is 8.28. The first-order valence-corrected chi connectivity index (χ1v) is 12.2. The van der Waals surface area contributed by atoms with Crippen molar-refractivity contribution >= 4 is 39.8 Å². The van der Waals surface area contributed by atoms with Gasteiger partial charge in [-0.25, -0.2) is 8.42 Å². The van der Waals surface area contributed by atoms with Crippen LogP contribution in [-0.4, -0.2) is 70.1 Å². The Balaban J connectivity index is 0.00000450. The first-order chi connectivity index (χ1) is 13.7. The number of para-hydroxylation sites is 1. The minimum Gasteiger partial charge on any atom is -0.496 e. The summed E-state index contributed by atoms with van der Waals surface area (Å²) < 4.78 is 28.7. The van der Waals surface area contributed by atoms with Crippen molar-refractivity contribution < 1.29 is 13.2 Å². The second kappa shape index (κ2) is 12.1. The molecule has 0 aliphatic carbocycles. The highest BCUT2D eigenvalue weighted by atomic mass is 127. The topological polar surface area (TPSA) is 83.0 Å². The van der Waals surface area contributed by atoms with Gasteiger partial charge in [0.2, 0.25) is 0 Å². The molecule has 0 saturated carbocycles. The van der Waals surface area contributed by atoms with E-state index in [4.69, 9.17) is 4.74 Å². The van der Waals surface area contributed by atoms with E-state index in [0.717, 1.165) is 24.4 Å². The molecule has 0 aromatic heterocycles. The minimum atomic E-state index is -3.20. The van der Waals surface area contributed by atoms with Gasteiger partial charge in [0.25, 0.3) is 0 Å². The number of nitrogens with one attached hydrogen (secondary N) is 2. The molecule has 1 saturated heterocycles. The number of hydrogen-bond acceptors (Lipinski definition) is 5. The second-order valence-electron chi connectivity index (χ2n) is 8.11. The van der Waals surface area contributed by atoms with Gasteiger partial charge in [-0.15, -0.1) is 24.0 Å². The number of likely N-dealkylation sites (tertiary alicyclic amines) is 1. The summed E-state index contributed by atoms with van der Waals surface area (Å²) in [4.78, 5) is 7.02. The van der Waals surface area contributed by atoms with Crippen LogP contribution in [0.15, 0.2) is 29.3 Å². The SMILES string of the molecule is CCNC(=NCC(C)(C)S(C)(=O)=O)NCC(c1ccccc1OC)N1CCCC1.I. The van der Waals surface area contributed by atoms with Crippen LogP contribution >= 0.6 is 24.0 Å². The van der Waals surface area contributed by atoms with E-state index in [1.165, 1.54) is 19.1 Å². The average molecular weight is 553 g/mol. The van der Waals surface area contributed by atoms with E-state index in [9.17, 15) is 8.42 Å². The Labute approximate surface area is 199 Å². The standard InChI is InChI=1S/C21H36N4O3S.HI/c1-6-22-20(24-16-21(2,3)29(5,26)27)23-15-18(25-13-9-10-14-25)17-11-7-8-12-19(17)28-4;/h7-8,11-12,18H,6,9-10,13-16H2,1-5H3,(H2,22,23,24);1H. The molecule has 1 unspecified atom stereocenters. The molecular weight excluding hydrogens is 515 g/mol. The smallest absolute Gasteiger partial charge is 0.191 e. The molecular formula is C21H37IN4O3S. The molecule has 1 atom stereocenters. The quantitative estimate of drug-likeness (QED) is 0.279. The molecule has 1 fully saturated rings. The molecule has 0 spiro atoms. The lowest BCUT2D eigenvalue weighted by atomic mass is 10.0. The fourth-order valence-electron chi connectivity index (χ4n) is 3.35. The fourth-order valence-corrected chi connectivity index (χ4v) is 3.65. The molecule has 1 aromatic carbocycles. The molecule has 0 amide bonds. The van der Waals surface area contributed by atoms with Crippen LogP contribution in [0.1, 0.15) is 45.2 Å². The molecule has 2 rings (SSSR count). The molecule has 172 valence electrons. The number of nitrogens with zero attached hydrogens (tertiary/aromatic N) is 2. The predicted molar refractivity (Wildman–Crippen MR) is 135 cm³/mol. The third-order valence-corrected chi connectivity index (χ3v) is 7.64. The summed E-state index contributed by atoms with van der Waals surface area (Å²) in [5, 5.41) is 6.65. The molecule has 1 aliphatic heterocycles. The number of hydrogen-bond donors (Lipinski definition) is 2. The third kappa shape index (κ3) is 7.26. The van der Waals surface area contributed by atoms with Gasteiger partial charge < -0.3 is 15.4 Å². The number of methoxy groups -OCH3 is 1. The van der Waals surface area contributed by atoms with Gasteiger partial charge in [0.15, 0.2) is 15.8 Å². The molecule has 9 heteroatoms. The van der Waals surface area contributed by atoms with E-state index < -0.39 is 14.6 Å². The molecule has 7 nitrogen and oxygen atoms in total. The first kappa shape index (κ1) is 27.0. The Morgan fingerprint density at radius 1 is 1.23 bits per heavy atom. The molecule has 2 N–H and O–H groups in total.